The number of carboxylic acid groups (broad SMARTS) is 1. The zero-order chi connectivity index (χ0) is 18.3. The molecule has 2 aromatic heterocycles. The highest BCUT2D eigenvalue weighted by Crippen LogP contribution is 2.30. The molecule has 3 heterocycles. The van der Waals surface area contributed by atoms with Gasteiger partial charge in [0.05, 0.1) is 17.3 Å². The number of benzene rings is 1. The highest BCUT2D eigenvalue weighted by molar-refractivity contribution is 7.15. The first-order chi connectivity index (χ1) is 12.5. The topological polar surface area (TPSA) is 57.8 Å². The van der Waals surface area contributed by atoms with Gasteiger partial charge in [0.1, 0.15) is 0 Å². The molecule has 136 valence electrons. The van der Waals surface area contributed by atoms with Crippen molar-refractivity contribution in [1.82, 2.24) is 14.3 Å². The van der Waals surface area contributed by atoms with E-state index in [-0.39, 0.29) is 5.92 Å². The van der Waals surface area contributed by atoms with Crippen LogP contribution in [0.2, 0.25) is 5.02 Å². The van der Waals surface area contributed by atoms with Crippen LogP contribution < -0.4 is 0 Å². The number of nitrogens with zero attached hydrogens (tertiary/aromatic N) is 3. The van der Waals surface area contributed by atoms with Crippen molar-refractivity contribution in [1.29, 1.82) is 0 Å². The van der Waals surface area contributed by atoms with Gasteiger partial charge in [0.2, 0.25) is 0 Å². The summed E-state index contributed by atoms with van der Waals surface area (Å²) in [5, 5.41) is 12.2. The number of aliphatic carboxylic acids is 1. The van der Waals surface area contributed by atoms with Gasteiger partial charge in [0.25, 0.3) is 0 Å². The van der Waals surface area contributed by atoms with Crippen molar-refractivity contribution in [3.63, 3.8) is 0 Å². The summed E-state index contributed by atoms with van der Waals surface area (Å²) < 4.78 is 2.11. The van der Waals surface area contributed by atoms with Gasteiger partial charge in [-0.15, -0.1) is 11.3 Å². The van der Waals surface area contributed by atoms with Crippen LogP contribution >= 0.6 is 22.9 Å². The third kappa shape index (κ3) is 3.37. The zero-order valence-electron chi connectivity index (χ0n) is 14.4. The van der Waals surface area contributed by atoms with E-state index in [0.717, 1.165) is 34.9 Å². The number of halogens is 1. The monoisotopic (exact) mass is 389 g/mol. The SMILES string of the molecule is CC1CC(C(=O)O)CN(Cc2c(-c3ccc(Cl)cc3)nc3sccn23)C1. The summed E-state index contributed by atoms with van der Waals surface area (Å²) in [6.07, 6.45) is 2.78. The lowest BCUT2D eigenvalue weighted by molar-refractivity contribution is -0.144. The lowest BCUT2D eigenvalue weighted by Gasteiger charge is -2.34. The molecule has 4 rings (SSSR count). The number of imidazole rings is 1. The molecule has 1 N–H and O–H groups in total. The van der Waals surface area contributed by atoms with Crippen LogP contribution in [-0.4, -0.2) is 38.4 Å². The molecule has 1 aliphatic heterocycles. The molecule has 5 nitrogen and oxygen atoms in total. The number of aromatic nitrogens is 2. The Morgan fingerprint density at radius 2 is 2.12 bits per heavy atom. The number of fused-ring (bicyclic) bond motifs is 1. The maximum atomic E-state index is 11.5. The van der Waals surface area contributed by atoms with Gasteiger partial charge in [-0.05, 0) is 24.5 Å². The first kappa shape index (κ1) is 17.5. The molecule has 0 bridgehead atoms. The molecule has 1 aromatic carbocycles. The number of piperidine rings is 1. The summed E-state index contributed by atoms with van der Waals surface area (Å²) in [5.74, 6) is -0.633. The van der Waals surface area contributed by atoms with Crippen molar-refractivity contribution < 1.29 is 9.90 Å². The normalized spacial score (nSPS) is 21.3. The minimum absolute atomic E-state index is 0.302. The van der Waals surface area contributed by atoms with Crippen LogP contribution in [0.5, 0.6) is 0 Å². The van der Waals surface area contributed by atoms with Crippen molar-refractivity contribution in [3.05, 3.63) is 46.6 Å². The maximum Gasteiger partial charge on any atom is 0.307 e. The second-order valence-corrected chi connectivity index (χ2v) is 8.35. The van der Waals surface area contributed by atoms with Crippen molar-refractivity contribution >= 4 is 33.9 Å². The fraction of sp³-hybridized carbons (Fsp3) is 0.368. The van der Waals surface area contributed by atoms with Crippen LogP contribution in [-0.2, 0) is 11.3 Å². The van der Waals surface area contributed by atoms with E-state index >= 15 is 0 Å². The van der Waals surface area contributed by atoms with Gasteiger partial charge in [-0.1, -0.05) is 30.7 Å². The van der Waals surface area contributed by atoms with Crippen LogP contribution in [0.15, 0.2) is 35.8 Å². The second-order valence-electron chi connectivity index (χ2n) is 7.04. The molecule has 3 aromatic rings. The Bertz CT molecular complexity index is 934. The van der Waals surface area contributed by atoms with Crippen LogP contribution in [0.1, 0.15) is 19.0 Å². The third-order valence-corrected chi connectivity index (χ3v) is 5.95. The third-order valence-electron chi connectivity index (χ3n) is 4.94. The Labute approximate surface area is 160 Å². The van der Waals surface area contributed by atoms with Gasteiger partial charge in [0.15, 0.2) is 4.96 Å². The van der Waals surface area contributed by atoms with Crippen LogP contribution in [0.3, 0.4) is 0 Å². The Morgan fingerprint density at radius 3 is 2.85 bits per heavy atom. The maximum absolute atomic E-state index is 11.5. The molecule has 1 aliphatic rings. The number of carbonyl (C=O) groups is 1. The van der Waals surface area contributed by atoms with Gasteiger partial charge in [-0.2, -0.15) is 0 Å². The van der Waals surface area contributed by atoms with E-state index in [1.54, 1.807) is 11.3 Å². The second kappa shape index (κ2) is 7.02. The minimum atomic E-state index is -0.701. The molecular weight excluding hydrogens is 370 g/mol. The molecule has 26 heavy (non-hydrogen) atoms. The van der Waals surface area contributed by atoms with Crippen LogP contribution in [0.4, 0.5) is 0 Å². The minimum Gasteiger partial charge on any atom is -0.481 e. The van der Waals surface area contributed by atoms with Crippen LogP contribution in [0, 0.1) is 11.8 Å². The molecule has 2 atom stereocenters. The number of likely N-dealkylation sites (tertiary alicyclic amines) is 1. The first-order valence-corrected chi connectivity index (χ1v) is 9.92. The number of rotatable bonds is 4. The molecule has 0 spiro atoms. The summed E-state index contributed by atoms with van der Waals surface area (Å²) in [7, 11) is 0. The standard InChI is InChI=1S/C19H20ClN3O2S/c1-12-8-14(18(24)25)10-22(9-12)11-16-17(13-2-4-15(20)5-3-13)21-19-23(16)6-7-26-19/h2-7,12,14H,8-11H2,1H3,(H,24,25). The fourth-order valence-corrected chi connectivity index (χ4v) is 4.66. The Balaban J connectivity index is 1.69. The molecule has 0 amide bonds. The molecular formula is C19H20ClN3O2S. The predicted octanol–water partition coefficient (Wildman–Crippen LogP) is 4.26. The van der Waals surface area contributed by atoms with Gasteiger partial charge < -0.3 is 5.11 Å². The van der Waals surface area contributed by atoms with E-state index in [4.69, 9.17) is 16.6 Å². The molecule has 0 radical (unpaired) electrons. The van der Waals surface area contributed by atoms with Gasteiger partial charge >= 0.3 is 5.97 Å². The Hall–Kier alpha value is -1.89. The van der Waals surface area contributed by atoms with Crippen molar-refractivity contribution in [2.45, 2.75) is 19.9 Å². The van der Waals surface area contributed by atoms with Gasteiger partial charge in [-0.3, -0.25) is 14.1 Å². The van der Waals surface area contributed by atoms with E-state index in [0.29, 0.717) is 24.0 Å². The first-order valence-electron chi connectivity index (χ1n) is 8.67. The predicted molar refractivity (Wildman–Crippen MR) is 104 cm³/mol. The molecule has 0 saturated carbocycles. The highest BCUT2D eigenvalue weighted by Gasteiger charge is 2.30. The quantitative estimate of drug-likeness (QED) is 0.724. The lowest BCUT2D eigenvalue weighted by Crippen LogP contribution is -2.42. The smallest absolute Gasteiger partial charge is 0.307 e. The number of thiazole rings is 1. The van der Waals surface area contributed by atoms with E-state index in [1.165, 1.54) is 0 Å². The summed E-state index contributed by atoms with van der Waals surface area (Å²) in [4.78, 5) is 19.5. The van der Waals surface area contributed by atoms with Crippen LogP contribution in [0.25, 0.3) is 16.2 Å². The number of hydrogen-bond acceptors (Lipinski definition) is 4. The Morgan fingerprint density at radius 1 is 1.35 bits per heavy atom. The van der Waals surface area contributed by atoms with Crippen molar-refractivity contribution in [3.8, 4) is 11.3 Å². The highest BCUT2D eigenvalue weighted by atomic mass is 35.5. The molecule has 7 heteroatoms. The molecule has 1 saturated heterocycles. The lowest BCUT2D eigenvalue weighted by atomic mass is 9.90. The summed E-state index contributed by atoms with van der Waals surface area (Å²) >= 11 is 7.63. The van der Waals surface area contributed by atoms with E-state index in [2.05, 4.69) is 16.2 Å². The zero-order valence-corrected chi connectivity index (χ0v) is 16.0. The average molecular weight is 390 g/mol. The largest absolute Gasteiger partial charge is 0.481 e. The van der Waals surface area contributed by atoms with Crippen molar-refractivity contribution in [2.75, 3.05) is 13.1 Å². The van der Waals surface area contributed by atoms with E-state index in [1.807, 2.05) is 35.8 Å². The summed E-state index contributed by atoms with van der Waals surface area (Å²) in [6.45, 7) is 4.29. The number of hydrogen-bond donors (Lipinski definition) is 1. The molecule has 0 aliphatic carbocycles. The average Bonchev–Trinajstić information content (AvgIpc) is 3.18. The fourth-order valence-electron chi connectivity index (χ4n) is 3.80. The van der Waals surface area contributed by atoms with Gasteiger partial charge in [0, 0.05) is 41.8 Å². The number of carboxylic acids is 1. The summed E-state index contributed by atoms with van der Waals surface area (Å²) in [5.41, 5.74) is 3.07. The summed E-state index contributed by atoms with van der Waals surface area (Å²) in [6, 6.07) is 7.71. The van der Waals surface area contributed by atoms with Gasteiger partial charge in [-0.25, -0.2) is 4.98 Å². The molecule has 2 unspecified atom stereocenters. The van der Waals surface area contributed by atoms with E-state index < -0.39 is 5.97 Å². The Kier molecular flexibility index (Phi) is 4.73. The van der Waals surface area contributed by atoms with E-state index in [9.17, 15) is 9.90 Å². The molecule has 1 fully saturated rings. The van der Waals surface area contributed by atoms with Crippen molar-refractivity contribution in [2.24, 2.45) is 11.8 Å².